The average Bonchev–Trinajstić information content (AvgIpc) is 2.86. The van der Waals surface area contributed by atoms with Crippen molar-refractivity contribution in [2.24, 2.45) is 11.8 Å². The Kier molecular flexibility index (Phi) is 6.35. The maximum absolute atomic E-state index is 13.6. The van der Waals surface area contributed by atoms with Crippen LogP contribution < -0.4 is 0 Å². The molecule has 1 N–H and O–H groups in total. The Balaban J connectivity index is 1.59. The third kappa shape index (κ3) is 4.75. The van der Waals surface area contributed by atoms with Gasteiger partial charge in [-0.15, -0.1) is 6.58 Å². The van der Waals surface area contributed by atoms with Crippen LogP contribution in [0.3, 0.4) is 0 Å². The fraction of sp³-hybridized carbons (Fsp3) is 0.393. The molecule has 0 radical (unpaired) electrons. The fourth-order valence-corrected chi connectivity index (χ4v) is 6.44. The van der Waals surface area contributed by atoms with Crippen molar-refractivity contribution in [3.05, 3.63) is 89.6 Å². The molecule has 0 amide bonds. The Hall–Kier alpha value is -2.91. The van der Waals surface area contributed by atoms with Crippen molar-refractivity contribution in [3.63, 3.8) is 0 Å². The molecule has 3 aliphatic heterocycles. The molecule has 4 heterocycles. The van der Waals surface area contributed by atoms with E-state index in [1.807, 2.05) is 30.3 Å². The number of para-hydroxylation sites is 1. The summed E-state index contributed by atoms with van der Waals surface area (Å²) >= 11 is 0. The van der Waals surface area contributed by atoms with Gasteiger partial charge in [-0.2, -0.15) is 26.3 Å². The molecular formula is C28H27F6N2O+. The van der Waals surface area contributed by atoms with Crippen molar-refractivity contribution in [3.8, 4) is 0 Å². The third-order valence-electron chi connectivity index (χ3n) is 8.19. The number of aliphatic hydroxyl groups excluding tert-OH is 1. The highest BCUT2D eigenvalue weighted by Crippen LogP contribution is 2.48. The van der Waals surface area contributed by atoms with Crippen molar-refractivity contribution in [2.45, 2.75) is 43.9 Å². The molecule has 37 heavy (non-hydrogen) atoms. The zero-order valence-electron chi connectivity index (χ0n) is 19.9. The highest BCUT2D eigenvalue weighted by Gasteiger charge is 2.54. The smallest absolute Gasteiger partial charge is 0.382 e. The lowest BCUT2D eigenvalue weighted by Gasteiger charge is -2.58. The summed E-state index contributed by atoms with van der Waals surface area (Å²) < 4.78 is 81.6. The number of hydrogen-bond donors (Lipinski definition) is 1. The zero-order valence-corrected chi connectivity index (χ0v) is 19.9. The normalized spacial score (nSPS) is 26.8. The van der Waals surface area contributed by atoms with Crippen LogP contribution in [-0.2, 0) is 18.9 Å². The maximum Gasteiger partial charge on any atom is 0.416 e. The predicted octanol–water partition coefficient (Wildman–Crippen LogP) is 6.92. The number of aromatic nitrogens is 1. The molecule has 3 saturated heterocycles. The first-order valence-electron chi connectivity index (χ1n) is 12.2. The van der Waals surface area contributed by atoms with Crippen molar-refractivity contribution < 1.29 is 35.9 Å². The number of rotatable bonds is 5. The Labute approximate surface area is 210 Å². The van der Waals surface area contributed by atoms with Gasteiger partial charge in [-0.25, -0.2) is 0 Å². The number of nitrogens with zero attached hydrogens (tertiary/aromatic N) is 2. The average molecular weight is 522 g/mol. The van der Waals surface area contributed by atoms with Gasteiger partial charge in [-0.3, -0.25) is 4.98 Å². The van der Waals surface area contributed by atoms with E-state index in [0.717, 1.165) is 23.9 Å². The lowest BCUT2D eigenvalue weighted by atomic mass is 9.71. The molecule has 2 aromatic carbocycles. The second kappa shape index (κ2) is 9.13. The summed E-state index contributed by atoms with van der Waals surface area (Å²) in [5.74, 6) is 0.316. The summed E-state index contributed by atoms with van der Waals surface area (Å²) in [5.41, 5.74) is -1.31. The lowest BCUT2D eigenvalue weighted by molar-refractivity contribution is -0.984. The van der Waals surface area contributed by atoms with Gasteiger partial charge in [0.25, 0.3) is 0 Å². The first-order valence-corrected chi connectivity index (χ1v) is 12.2. The van der Waals surface area contributed by atoms with E-state index < -0.39 is 35.6 Å². The quantitative estimate of drug-likeness (QED) is 0.225. The van der Waals surface area contributed by atoms with Crippen LogP contribution >= 0.6 is 0 Å². The summed E-state index contributed by atoms with van der Waals surface area (Å²) in [7, 11) is 0. The number of aliphatic hydroxyl groups is 1. The van der Waals surface area contributed by atoms with Crippen LogP contribution in [-0.4, -0.2) is 33.7 Å². The van der Waals surface area contributed by atoms with Gasteiger partial charge in [0.1, 0.15) is 18.7 Å². The molecule has 2 bridgehead atoms. The van der Waals surface area contributed by atoms with Crippen LogP contribution in [0.4, 0.5) is 26.3 Å². The molecule has 196 valence electrons. The van der Waals surface area contributed by atoms with Crippen LogP contribution in [0.25, 0.3) is 10.9 Å². The van der Waals surface area contributed by atoms with Gasteiger partial charge in [0.15, 0.2) is 0 Å². The fourth-order valence-electron chi connectivity index (χ4n) is 6.44. The Morgan fingerprint density at radius 2 is 1.70 bits per heavy atom. The highest BCUT2D eigenvalue weighted by atomic mass is 19.4. The highest BCUT2D eigenvalue weighted by molar-refractivity contribution is 5.82. The van der Waals surface area contributed by atoms with Crippen molar-refractivity contribution in [2.75, 3.05) is 13.1 Å². The molecule has 6 rings (SSSR count). The zero-order chi connectivity index (χ0) is 26.6. The van der Waals surface area contributed by atoms with E-state index in [2.05, 4.69) is 11.6 Å². The van der Waals surface area contributed by atoms with Gasteiger partial charge in [0.2, 0.25) is 0 Å². The first kappa shape index (κ1) is 25.7. The van der Waals surface area contributed by atoms with Gasteiger partial charge >= 0.3 is 12.4 Å². The van der Waals surface area contributed by atoms with Crippen LogP contribution in [0.2, 0.25) is 0 Å². The predicted molar refractivity (Wildman–Crippen MR) is 127 cm³/mol. The number of alkyl halides is 6. The molecule has 1 unspecified atom stereocenters. The maximum atomic E-state index is 13.6. The SMILES string of the molecule is C=C[C@@H]1C[N+]2(Cc3cc(C(F)(F)F)cc(C(F)(F)F)c3)CC[C@H]1C[C@H]2[C@H](O)c1ccnc2ccccc12. The van der Waals surface area contributed by atoms with E-state index in [1.165, 1.54) is 0 Å². The van der Waals surface area contributed by atoms with Gasteiger partial charge in [0.05, 0.1) is 29.7 Å². The molecule has 3 nitrogen and oxygen atoms in total. The largest absolute Gasteiger partial charge is 0.416 e. The van der Waals surface area contributed by atoms with E-state index >= 15 is 0 Å². The van der Waals surface area contributed by atoms with E-state index in [9.17, 15) is 31.4 Å². The number of fused-ring (bicyclic) bond motifs is 4. The number of quaternary nitrogens is 1. The molecule has 9 heteroatoms. The minimum absolute atomic E-state index is 0.0397. The Morgan fingerprint density at radius 3 is 2.35 bits per heavy atom. The third-order valence-corrected chi connectivity index (χ3v) is 8.19. The summed E-state index contributed by atoms with van der Waals surface area (Å²) in [5, 5.41) is 12.5. The molecule has 0 saturated carbocycles. The topological polar surface area (TPSA) is 33.1 Å². The second-order valence-electron chi connectivity index (χ2n) is 10.3. The Morgan fingerprint density at radius 1 is 1.03 bits per heavy atom. The van der Waals surface area contributed by atoms with Crippen molar-refractivity contribution in [1.82, 2.24) is 4.98 Å². The molecule has 3 fully saturated rings. The molecule has 1 aromatic heterocycles. The van der Waals surface area contributed by atoms with Crippen molar-refractivity contribution >= 4 is 10.9 Å². The van der Waals surface area contributed by atoms with Crippen LogP contribution in [0.15, 0.2) is 67.4 Å². The molecular weight excluding hydrogens is 494 g/mol. The van der Waals surface area contributed by atoms with Crippen LogP contribution in [0, 0.1) is 11.8 Å². The summed E-state index contributed by atoms with van der Waals surface area (Å²) in [4.78, 5) is 4.35. The number of hydrogen-bond acceptors (Lipinski definition) is 2. The van der Waals surface area contributed by atoms with E-state index in [-0.39, 0.29) is 34.5 Å². The van der Waals surface area contributed by atoms with E-state index in [1.54, 1.807) is 12.3 Å². The van der Waals surface area contributed by atoms with Gasteiger partial charge in [0, 0.05) is 35.9 Å². The van der Waals surface area contributed by atoms with E-state index in [0.29, 0.717) is 30.6 Å². The standard InChI is InChI=1S/C28H27F6N2O/c1-2-18-16-36(15-17-11-20(27(29,30)31)14-21(12-17)28(32,33)34)10-8-19(18)13-25(36)26(37)23-7-9-35-24-6-4-3-5-22(23)24/h2-7,9,11-12,14,18-19,25-26,37H,1,8,10,13,15-16H2/q+1/t18-,19+,25+,26-,36?/m1/s1. The Bertz CT molecular complexity index is 1280. The lowest BCUT2D eigenvalue weighted by Crippen LogP contribution is -2.67. The minimum Gasteiger partial charge on any atom is -0.382 e. The minimum atomic E-state index is -4.91. The summed E-state index contributed by atoms with van der Waals surface area (Å²) in [6.45, 7) is 4.93. The summed E-state index contributed by atoms with van der Waals surface area (Å²) in [6, 6.07) is 10.5. The number of pyridine rings is 1. The molecule has 0 spiro atoms. The molecule has 5 atom stereocenters. The monoisotopic (exact) mass is 521 g/mol. The number of piperidine rings is 3. The number of benzene rings is 2. The van der Waals surface area contributed by atoms with Gasteiger partial charge < -0.3 is 9.59 Å². The van der Waals surface area contributed by atoms with Crippen molar-refractivity contribution in [1.29, 1.82) is 0 Å². The van der Waals surface area contributed by atoms with E-state index in [4.69, 9.17) is 0 Å². The van der Waals surface area contributed by atoms with Gasteiger partial charge in [-0.05, 0) is 41.8 Å². The molecule has 0 aliphatic carbocycles. The van der Waals surface area contributed by atoms with Gasteiger partial charge in [-0.1, -0.05) is 24.3 Å². The number of halogens is 6. The second-order valence-corrected chi connectivity index (χ2v) is 10.3. The summed E-state index contributed by atoms with van der Waals surface area (Å²) in [6.07, 6.45) is -5.99. The molecule has 3 aliphatic rings. The van der Waals surface area contributed by atoms with Crippen LogP contribution in [0.5, 0.6) is 0 Å². The first-order chi connectivity index (χ1) is 17.4. The van der Waals surface area contributed by atoms with Crippen LogP contribution in [0.1, 0.15) is 41.2 Å². The molecule has 3 aromatic rings.